The van der Waals surface area contributed by atoms with Crippen LogP contribution in [0.2, 0.25) is 0 Å². The van der Waals surface area contributed by atoms with E-state index in [9.17, 15) is 0 Å². The van der Waals surface area contributed by atoms with Crippen LogP contribution in [-0.2, 0) is 9.47 Å². The smallest absolute Gasteiger partial charge is 0.134 e. The van der Waals surface area contributed by atoms with Gasteiger partial charge in [0.25, 0.3) is 0 Å². The first-order valence-electron chi connectivity index (χ1n) is 8.97. The van der Waals surface area contributed by atoms with Gasteiger partial charge in [0.15, 0.2) is 0 Å². The van der Waals surface area contributed by atoms with Crippen LogP contribution in [-0.4, -0.2) is 57.4 Å². The lowest BCUT2D eigenvalue weighted by molar-refractivity contribution is 0.00879. The summed E-state index contributed by atoms with van der Waals surface area (Å²) < 4.78 is 11.7. The van der Waals surface area contributed by atoms with E-state index in [-0.39, 0.29) is 6.10 Å². The molecule has 0 aromatic rings. The van der Waals surface area contributed by atoms with Crippen molar-refractivity contribution in [1.29, 1.82) is 0 Å². The van der Waals surface area contributed by atoms with E-state index in [2.05, 4.69) is 37.1 Å². The van der Waals surface area contributed by atoms with E-state index < -0.39 is 0 Å². The molecule has 1 aliphatic rings. The number of rotatable bonds is 11. The summed E-state index contributed by atoms with van der Waals surface area (Å²) >= 11 is 0. The maximum atomic E-state index is 6.29. The molecule has 0 amide bonds. The standard InChI is InChI=1S/C18H36N2O2/c1-5-11-20(7-3)14-18(15-21-4)22-17(6-2)12-16-9-8-10-19-13-16/h6,16,18-19H,5,7-15H2,1-4H3/b17-6+. The number of nitrogens with one attached hydrogen (secondary N) is 1. The number of hydrogen-bond acceptors (Lipinski definition) is 4. The normalized spacial score (nSPS) is 21.1. The van der Waals surface area contributed by atoms with Crippen LogP contribution < -0.4 is 5.32 Å². The van der Waals surface area contributed by atoms with Crippen LogP contribution in [0.1, 0.15) is 46.5 Å². The van der Waals surface area contributed by atoms with Crippen molar-refractivity contribution in [3.05, 3.63) is 11.8 Å². The molecule has 4 nitrogen and oxygen atoms in total. The highest BCUT2D eigenvalue weighted by Gasteiger charge is 2.19. The maximum Gasteiger partial charge on any atom is 0.134 e. The van der Waals surface area contributed by atoms with Gasteiger partial charge in [-0.25, -0.2) is 0 Å². The van der Waals surface area contributed by atoms with Crippen LogP contribution in [0, 0.1) is 5.92 Å². The molecule has 130 valence electrons. The van der Waals surface area contributed by atoms with Crippen LogP contribution >= 0.6 is 0 Å². The van der Waals surface area contributed by atoms with Crippen molar-refractivity contribution in [3.8, 4) is 0 Å². The SMILES string of the molecule is C/C=C(\CC1CCCNC1)OC(COC)CN(CC)CCC. The Morgan fingerprint density at radius 1 is 1.41 bits per heavy atom. The van der Waals surface area contributed by atoms with Crippen molar-refractivity contribution in [3.63, 3.8) is 0 Å². The van der Waals surface area contributed by atoms with Gasteiger partial charge in [0.05, 0.1) is 12.4 Å². The zero-order valence-corrected chi connectivity index (χ0v) is 15.1. The predicted octanol–water partition coefficient (Wildman–Crippen LogP) is 3.04. The Morgan fingerprint density at radius 3 is 2.77 bits per heavy atom. The summed E-state index contributed by atoms with van der Waals surface area (Å²) in [5.74, 6) is 1.84. The third-order valence-corrected chi connectivity index (χ3v) is 4.33. The van der Waals surface area contributed by atoms with Gasteiger partial charge in [0, 0.05) is 20.1 Å². The number of hydrogen-bond donors (Lipinski definition) is 1. The van der Waals surface area contributed by atoms with Crippen LogP contribution in [0.4, 0.5) is 0 Å². The molecule has 0 radical (unpaired) electrons. The molecular weight excluding hydrogens is 276 g/mol. The monoisotopic (exact) mass is 312 g/mol. The van der Waals surface area contributed by atoms with Gasteiger partial charge in [0.1, 0.15) is 6.10 Å². The van der Waals surface area contributed by atoms with Crippen LogP contribution in [0.3, 0.4) is 0 Å². The van der Waals surface area contributed by atoms with Crippen LogP contribution in [0.5, 0.6) is 0 Å². The number of methoxy groups -OCH3 is 1. The Bertz CT molecular complexity index is 301. The van der Waals surface area contributed by atoms with Gasteiger partial charge in [-0.3, -0.25) is 4.90 Å². The third-order valence-electron chi connectivity index (χ3n) is 4.33. The van der Waals surface area contributed by atoms with Crippen molar-refractivity contribution < 1.29 is 9.47 Å². The molecule has 0 aromatic carbocycles. The number of allylic oxidation sites excluding steroid dienone is 2. The van der Waals surface area contributed by atoms with E-state index >= 15 is 0 Å². The second kappa shape index (κ2) is 11.9. The average Bonchev–Trinajstić information content (AvgIpc) is 2.54. The lowest BCUT2D eigenvalue weighted by Crippen LogP contribution is -2.37. The van der Waals surface area contributed by atoms with Crippen molar-refractivity contribution in [2.75, 3.05) is 46.4 Å². The van der Waals surface area contributed by atoms with Crippen molar-refractivity contribution >= 4 is 0 Å². The van der Waals surface area contributed by atoms with Gasteiger partial charge in [-0.05, 0) is 64.4 Å². The average molecular weight is 312 g/mol. The summed E-state index contributed by atoms with van der Waals surface area (Å²) in [5.41, 5.74) is 0. The molecule has 0 aliphatic carbocycles. The number of likely N-dealkylation sites (N-methyl/N-ethyl adjacent to an activating group) is 1. The molecule has 1 aliphatic heterocycles. The summed E-state index contributed by atoms with van der Waals surface area (Å²) in [6.45, 7) is 12.6. The van der Waals surface area contributed by atoms with Crippen molar-refractivity contribution in [2.45, 2.75) is 52.6 Å². The Labute approximate surface area is 137 Å². The number of nitrogens with zero attached hydrogens (tertiary/aromatic N) is 1. The zero-order valence-electron chi connectivity index (χ0n) is 15.1. The Hall–Kier alpha value is -0.580. The molecule has 2 atom stereocenters. The van der Waals surface area contributed by atoms with E-state index in [1.54, 1.807) is 7.11 Å². The molecule has 1 heterocycles. The molecular formula is C18H36N2O2. The highest BCUT2D eigenvalue weighted by molar-refractivity contribution is 4.95. The number of piperidine rings is 1. The molecule has 1 rings (SSSR count). The summed E-state index contributed by atoms with van der Waals surface area (Å²) in [5, 5.41) is 3.49. The summed E-state index contributed by atoms with van der Waals surface area (Å²) in [4.78, 5) is 2.44. The highest BCUT2D eigenvalue weighted by atomic mass is 16.5. The molecule has 1 saturated heterocycles. The topological polar surface area (TPSA) is 33.7 Å². The third kappa shape index (κ3) is 7.61. The van der Waals surface area contributed by atoms with E-state index in [0.29, 0.717) is 12.5 Å². The molecule has 0 aromatic heterocycles. The van der Waals surface area contributed by atoms with E-state index in [0.717, 1.165) is 44.9 Å². The van der Waals surface area contributed by atoms with E-state index in [4.69, 9.17) is 9.47 Å². The first-order valence-corrected chi connectivity index (χ1v) is 8.97. The molecule has 4 heteroatoms. The largest absolute Gasteiger partial charge is 0.491 e. The summed E-state index contributed by atoms with van der Waals surface area (Å²) in [6, 6.07) is 0. The van der Waals surface area contributed by atoms with Crippen molar-refractivity contribution in [2.24, 2.45) is 5.92 Å². The lowest BCUT2D eigenvalue weighted by Gasteiger charge is -2.29. The minimum absolute atomic E-state index is 0.124. The second-order valence-electron chi connectivity index (χ2n) is 6.26. The fourth-order valence-electron chi connectivity index (χ4n) is 3.12. The highest BCUT2D eigenvalue weighted by Crippen LogP contribution is 2.21. The summed E-state index contributed by atoms with van der Waals surface area (Å²) in [6.07, 6.45) is 7.07. The fourth-order valence-corrected chi connectivity index (χ4v) is 3.12. The Morgan fingerprint density at radius 2 is 2.23 bits per heavy atom. The lowest BCUT2D eigenvalue weighted by atomic mass is 9.95. The fraction of sp³-hybridized carbons (Fsp3) is 0.889. The van der Waals surface area contributed by atoms with Gasteiger partial charge in [-0.1, -0.05) is 13.8 Å². The molecule has 0 saturated carbocycles. The van der Waals surface area contributed by atoms with Crippen molar-refractivity contribution in [1.82, 2.24) is 10.2 Å². The van der Waals surface area contributed by atoms with Crippen LogP contribution in [0.15, 0.2) is 11.8 Å². The van der Waals surface area contributed by atoms with Gasteiger partial charge >= 0.3 is 0 Å². The van der Waals surface area contributed by atoms with Gasteiger partial charge in [0.2, 0.25) is 0 Å². The quantitative estimate of drug-likeness (QED) is 0.595. The molecule has 0 spiro atoms. The van der Waals surface area contributed by atoms with E-state index in [1.165, 1.54) is 19.3 Å². The second-order valence-corrected chi connectivity index (χ2v) is 6.26. The first kappa shape index (κ1) is 19.5. The number of ether oxygens (including phenoxy) is 2. The first-order chi connectivity index (χ1) is 10.7. The van der Waals surface area contributed by atoms with Gasteiger partial charge < -0.3 is 14.8 Å². The summed E-state index contributed by atoms with van der Waals surface area (Å²) in [7, 11) is 1.76. The molecule has 22 heavy (non-hydrogen) atoms. The maximum absolute atomic E-state index is 6.29. The molecule has 1 N–H and O–H groups in total. The predicted molar refractivity (Wildman–Crippen MR) is 93.1 cm³/mol. The van der Waals surface area contributed by atoms with Gasteiger partial charge in [-0.15, -0.1) is 0 Å². The van der Waals surface area contributed by atoms with Gasteiger partial charge in [-0.2, -0.15) is 0 Å². The minimum Gasteiger partial charge on any atom is -0.491 e. The minimum atomic E-state index is 0.124. The molecule has 1 fully saturated rings. The Balaban J connectivity index is 2.50. The molecule has 0 bridgehead atoms. The van der Waals surface area contributed by atoms with Crippen LogP contribution in [0.25, 0.3) is 0 Å². The Kier molecular flexibility index (Phi) is 10.5. The van der Waals surface area contributed by atoms with E-state index in [1.807, 2.05) is 0 Å². The zero-order chi connectivity index (χ0) is 16.2. The molecule has 2 unspecified atom stereocenters.